The zero-order valence-electron chi connectivity index (χ0n) is 13.7. The maximum Gasteiger partial charge on any atom is 0.367 e. The molecule has 0 aliphatic rings. The average Bonchev–Trinajstić information content (AvgIpc) is 2.68. The molecular formula is C22H14ClNO2. The number of hydrogen-bond acceptors (Lipinski definition) is 3. The molecular weight excluding hydrogens is 346 g/mol. The van der Waals surface area contributed by atoms with Crippen molar-refractivity contribution in [2.45, 2.75) is 0 Å². The first kappa shape index (κ1) is 17.5. The fourth-order valence-electron chi connectivity index (χ4n) is 2.13. The van der Waals surface area contributed by atoms with E-state index in [1.807, 2.05) is 54.6 Å². The van der Waals surface area contributed by atoms with Crippen LogP contribution in [-0.2, 0) is 4.84 Å². The summed E-state index contributed by atoms with van der Waals surface area (Å²) in [6, 6.07) is 23.9. The van der Waals surface area contributed by atoms with Crippen LogP contribution in [0.1, 0.15) is 27.0 Å². The lowest BCUT2D eigenvalue weighted by Crippen LogP contribution is -2.01. The Kier molecular flexibility index (Phi) is 5.82. The van der Waals surface area contributed by atoms with Crippen molar-refractivity contribution in [2.75, 3.05) is 0 Å². The maximum atomic E-state index is 11.9. The molecule has 0 aliphatic heterocycles. The van der Waals surface area contributed by atoms with E-state index in [9.17, 15) is 4.79 Å². The molecule has 3 nitrogen and oxygen atoms in total. The summed E-state index contributed by atoms with van der Waals surface area (Å²) in [5.74, 6) is 5.59. The first-order valence-electron chi connectivity index (χ1n) is 7.89. The summed E-state index contributed by atoms with van der Waals surface area (Å²) in [4.78, 5) is 16.8. The molecule has 3 aromatic rings. The molecule has 0 amide bonds. The third-order valence-electron chi connectivity index (χ3n) is 3.47. The molecule has 0 saturated carbocycles. The molecule has 0 bridgehead atoms. The van der Waals surface area contributed by atoms with Gasteiger partial charge in [-0.2, -0.15) is 0 Å². The lowest BCUT2D eigenvalue weighted by molar-refractivity contribution is 0.0519. The second-order valence-electron chi connectivity index (χ2n) is 5.33. The normalized spacial score (nSPS) is 10.2. The zero-order valence-corrected chi connectivity index (χ0v) is 14.5. The Morgan fingerprint density at radius 2 is 1.46 bits per heavy atom. The van der Waals surface area contributed by atoms with Gasteiger partial charge in [0.1, 0.15) is 0 Å². The molecule has 0 radical (unpaired) electrons. The second-order valence-corrected chi connectivity index (χ2v) is 5.74. The van der Waals surface area contributed by atoms with Gasteiger partial charge in [0.15, 0.2) is 0 Å². The Balaban J connectivity index is 1.61. The van der Waals surface area contributed by atoms with Crippen molar-refractivity contribution in [3.8, 4) is 11.8 Å². The molecule has 0 atom stereocenters. The van der Waals surface area contributed by atoms with Crippen molar-refractivity contribution in [1.82, 2.24) is 0 Å². The molecule has 0 spiro atoms. The Hall–Kier alpha value is -3.35. The van der Waals surface area contributed by atoms with Gasteiger partial charge in [-0.05, 0) is 42.0 Å². The van der Waals surface area contributed by atoms with E-state index in [1.54, 1.807) is 24.3 Å². The quantitative estimate of drug-likeness (QED) is 0.288. The van der Waals surface area contributed by atoms with Gasteiger partial charge in [0.25, 0.3) is 0 Å². The van der Waals surface area contributed by atoms with E-state index >= 15 is 0 Å². The first-order valence-corrected chi connectivity index (χ1v) is 8.26. The lowest BCUT2D eigenvalue weighted by Gasteiger charge is -2.00. The van der Waals surface area contributed by atoms with Gasteiger partial charge in [-0.25, -0.2) is 4.79 Å². The monoisotopic (exact) mass is 359 g/mol. The highest BCUT2D eigenvalue weighted by molar-refractivity contribution is 6.33. The molecule has 0 fully saturated rings. The molecule has 26 heavy (non-hydrogen) atoms. The van der Waals surface area contributed by atoms with Gasteiger partial charge in [0.05, 0.1) is 16.8 Å². The van der Waals surface area contributed by atoms with Crippen molar-refractivity contribution in [3.05, 3.63) is 106 Å². The zero-order chi connectivity index (χ0) is 18.2. The van der Waals surface area contributed by atoms with Gasteiger partial charge in [-0.1, -0.05) is 71.1 Å². The van der Waals surface area contributed by atoms with E-state index in [0.717, 1.165) is 16.7 Å². The SMILES string of the molecule is O=C(ON=Cc1ccc(C#Cc2ccccc2)cc1)c1ccccc1Cl. The number of carbonyl (C=O) groups is 1. The van der Waals surface area contributed by atoms with E-state index in [2.05, 4.69) is 17.0 Å². The van der Waals surface area contributed by atoms with Crippen molar-refractivity contribution < 1.29 is 9.63 Å². The Morgan fingerprint density at radius 3 is 2.15 bits per heavy atom. The summed E-state index contributed by atoms with van der Waals surface area (Å²) in [6.07, 6.45) is 1.46. The molecule has 0 heterocycles. The Bertz CT molecular complexity index is 984. The van der Waals surface area contributed by atoms with Crippen molar-refractivity contribution in [2.24, 2.45) is 5.16 Å². The van der Waals surface area contributed by atoms with Crippen LogP contribution in [0.5, 0.6) is 0 Å². The number of carbonyl (C=O) groups excluding carboxylic acids is 1. The van der Waals surface area contributed by atoms with Crippen molar-refractivity contribution in [1.29, 1.82) is 0 Å². The molecule has 0 aliphatic carbocycles. The van der Waals surface area contributed by atoms with Gasteiger partial charge in [0, 0.05) is 11.1 Å². The van der Waals surface area contributed by atoms with E-state index in [0.29, 0.717) is 5.02 Å². The Labute approximate surface area is 156 Å². The van der Waals surface area contributed by atoms with Crippen LogP contribution in [0.3, 0.4) is 0 Å². The maximum absolute atomic E-state index is 11.9. The minimum absolute atomic E-state index is 0.276. The van der Waals surface area contributed by atoms with Gasteiger partial charge < -0.3 is 4.84 Å². The van der Waals surface area contributed by atoms with Gasteiger partial charge >= 0.3 is 5.97 Å². The summed E-state index contributed by atoms with van der Waals surface area (Å²) in [5, 5.41) is 4.04. The van der Waals surface area contributed by atoms with Gasteiger partial charge in [-0.15, -0.1) is 0 Å². The molecule has 3 aromatic carbocycles. The van der Waals surface area contributed by atoms with Crippen LogP contribution in [0.4, 0.5) is 0 Å². The van der Waals surface area contributed by atoms with E-state index in [1.165, 1.54) is 6.21 Å². The summed E-state index contributed by atoms with van der Waals surface area (Å²) >= 11 is 5.94. The number of rotatable bonds is 3. The molecule has 0 unspecified atom stereocenters. The summed E-state index contributed by atoms with van der Waals surface area (Å²) in [7, 11) is 0. The van der Waals surface area contributed by atoms with Crippen LogP contribution < -0.4 is 0 Å². The molecule has 0 saturated heterocycles. The highest BCUT2D eigenvalue weighted by Crippen LogP contribution is 2.15. The summed E-state index contributed by atoms with van der Waals surface area (Å²) in [6.45, 7) is 0. The van der Waals surface area contributed by atoms with Gasteiger partial charge in [-0.3, -0.25) is 0 Å². The minimum Gasteiger partial charge on any atom is -0.313 e. The van der Waals surface area contributed by atoms with Crippen LogP contribution in [0, 0.1) is 11.8 Å². The molecule has 0 aromatic heterocycles. The number of halogens is 1. The molecule has 126 valence electrons. The van der Waals surface area contributed by atoms with Gasteiger partial charge in [0.2, 0.25) is 0 Å². The predicted octanol–water partition coefficient (Wildman–Crippen LogP) is 4.93. The van der Waals surface area contributed by atoms with Crippen LogP contribution in [0.15, 0.2) is 84.0 Å². The van der Waals surface area contributed by atoms with Crippen LogP contribution in [0.2, 0.25) is 5.02 Å². The number of oxime groups is 1. The smallest absolute Gasteiger partial charge is 0.313 e. The lowest BCUT2D eigenvalue weighted by atomic mass is 10.1. The molecule has 0 N–H and O–H groups in total. The van der Waals surface area contributed by atoms with E-state index < -0.39 is 5.97 Å². The highest BCUT2D eigenvalue weighted by atomic mass is 35.5. The Morgan fingerprint density at radius 1 is 0.846 bits per heavy atom. The fraction of sp³-hybridized carbons (Fsp3) is 0. The van der Waals surface area contributed by atoms with E-state index in [4.69, 9.17) is 16.4 Å². The van der Waals surface area contributed by atoms with E-state index in [-0.39, 0.29) is 5.56 Å². The predicted molar refractivity (Wildman–Crippen MR) is 103 cm³/mol. The topological polar surface area (TPSA) is 38.7 Å². The van der Waals surface area contributed by atoms with Crippen LogP contribution in [-0.4, -0.2) is 12.2 Å². The number of nitrogens with zero attached hydrogens (tertiary/aromatic N) is 1. The van der Waals surface area contributed by atoms with Crippen molar-refractivity contribution in [3.63, 3.8) is 0 Å². The average molecular weight is 360 g/mol. The van der Waals surface area contributed by atoms with Crippen molar-refractivity contribution >= 4 is 23.8 Å². The van der Waals surface area contributed by atoms with Crippen LogP contribution in [0.25, 0.3) is 0 Å². The number of benzene rings is 3. The number of hydrogen-bond donors (Lipinski definition) is 0. The minimum atomic E-state index is -0.600. The summed E-state index contributed by atoms with van der Waals surface area (Å²) in [5.41, 5.74) is 2.92. The largest absolute Gasteiger partial charge is 0.367 e. The first-order chi connectivity index (χ1) is 12.7. The summed E-state index contributed by atoms with van der Waals surface area (Å²) < 4.78 is 0. The third kappa shape index (κ3) is 4.83. The molecule has 3 rings (SSSR count). The standard InChI is InChI=1S/C22H14ClNO2/c23-21-9-5-4-8-20(21)22(25)26-24-16-19-14-12-18(13-15-19)11-10-17-6-2-1-3-7-17/h1-9,12-16H. The molecule has 4 heteroatoms. The fourth-order valence-corrected chi connectivity index (χ4v) is 2.34. The third-order valence-corrected chi connectivity index (χ3v) is 3.80. The second kappa shape index (κ2) is 8.66. The van der Waals surface area contributed by atoms with Crippen LogP contribution >= 0.6 is 11.6 Å². The highest BCUT2D eigenvalue weighted by Gasteiger charge is 2.10.